The molecule has 0 spiro atoms. The van der Waals surface area contributed by atoms with Crippen LogP contribution < -0.4 is 4.74 Å². The van der Waals surface area contributed by atoms with Gasteiger partial charge >= 0.3 is 162 Å². The van der Waals surface area contributed by atoms with E-state index in [0.29, 0.717) is 17.2 Å². The zero-order chi connectivity index (χ0) is 18.6. The summed E-state index contributed by atoms with van der Waals surface area (Å²) in [6.07, 6.45) is 4.56. The van der Waals surface area contributed by atoms with Crippen molar-refractivity contribution in [2.45, 2.75) is 70.9 Å². The molecule has 0 fully saturated rings. The SMILES string of the molecule is CC1=C(COc2cc(C(C)C)cc([C@@H]([AsH2])CCO)c2)C(C)(C)CCC1. The molecule has 1 aliphatic rings. The van der Waals surface area contributed by atoms with Crippen LogP contribution in [0.3, 0.4) is 0 Å². The molecule has 0 aromatic heterocycles. The first-order valence-electron chi connectivity index (χ1n) is 9.58. The quantitative estimate of drug-likeness (QED) is 0.522. The van der Waals surface area contributed by atoms with E-state index in [9.17, 15) is 5.11 Å². The molecule has 1 unspecified atom stereocenters. The Balaban J connectivity index is 2.23. The molecule has 2 rings (SSSR count). The van der Waals surface area contributed by atoms with Crippen molar-refractivity contribution in [2.75, 3.05) is 13.2 Å². The number of hydrogen-bond donors (Lipinski definition) is 1. The Labute approximate surface area is 162 Å². The number of rotatable bonds is 7. The van der Waals surface area contributed by atoms with Crippen LogP contribution in [-0.4, -0.2) is 35.2 Å². The molecule has 1 aromatic carbocycles. The van der Waals surface area contributed by atoms with Crippen molar-refractivity contribution < 1.29 is 9.84 Å². The number of allylic oxidation sites excluding steroid dienone is 1. The third kappa shape index (κ3) is 5.38. The van der Waals surface area contributed by atoms with Gasteiger partial charge in [0, 0.05) is 0 Å². The Morgan fingerprint density at radius 3 is 2.48 bits per heavy atom. The van der Waals surface area contributed by atoms with E-state index in [0.717, 1.165) is 12.2 Å². The molecule has 0 bridgehead atoms. The molecular formula is C22H35AsO2. The number of ether oxygens (including phenoxy) is 1. The van der Waals surface area contributed by atoms with Crippen LogP contribution in [0.5, 0.6) is 5.75 Å². The molecule has 25 heavy (non-hydrogen) atoms. The summed E-state index contributed by atoms with van der Waals surface area (Å²) in [5, 5.41) is 9.28. The fourth-order valence-electron chi connectivity index (χ4n) is 3.73. The van der Waals surface area contributed by atoms with Crippen LogP contribution in [0, 0.1) is 5.41 Å². The Morgan fingerprint density at radius 1 is 1.20 bits per heavy atom. The second kappa shape index (κ2) is 8.78. The van der Waals surface area contributed by atoms with Crippen LogP contribution in [0.15, 0.2) is 29.3 Å². The number of hydrogen-bond acceptors (Lipinski definition) is 2. The minimum absolute atomic E-state index is 0.241. The van der Waals surface area contributed by atoms with Gasteiger partial charge in [-0.3, -0.25) is 0 Å². The van der Waals surface area contributed by atoms with E-state index in [-0.39, 0.29) is 12.0 Å². The number of benzene rings is 1. The first-order valence-corrected chi connectivity index (χ1v) is 11.0. The maximum absolute atomic E-state index is 9.28. The van der Waals surface area contributed by atoms with E-state index in [1.54, 1.807) is 16.9 Å². The van der Waals surface area contributed by atoms with Gasteiger partial charge < -0.3 is 0 Å². The fourth-order valence-corrected chi connectivity index (χ4v) is 4.45. The Bertz CT molecular complexity index is 616. The Morgan fingerprint density at radius 2 is 1.88 bits per heavy atom. The minimum atomic E-state index is 0.241. The molecule has 0 amide bonds. The molecule has 0 radical (unpaired) electrons. The molecule has 1 aliphatic carbocycles. The summed E-state index contributed by atoms with van der Waals surface area (Å²) in [5.74, 6) is 1.45. The zero-order valence-electron chi connectivity index (χ0n) is 16.6. The number of aliphatic hydroxyl groups excluding tert-OH is 1. The van der Waals surface area contributed by atoms with Gasteiger partial charge in [0.15, 0.2) is 0 Å². The third-order valence-electron chi connectivity index (χ3n) is 5.55. The van der Waals surface area contributed by atoms with E-state index in [4.69, 9.17) is 4.74 Å². The van der Waals surface area contributed by atoms with Crippen molar-refractivity contribution in [1.29, 1.82) is 0 Å². The van der Waals surface area contributed by atoms with Gasteiger partial charge in [-0.05, 0) is 0 Å². The second-order valence-corrected chi connectivity index (χ2v) is 10.1. The van der Waals surface area contributed by atoms with E-state index in [1.807, 2.05) is 0 Å². The first kappa shape index (κ1) is 20.6. The van der Waals surface area contributed by atoms with Gasteiger partial charge in [-0.25, -0.2) is 0 Å². The summed E-state index contributed by atoms with van der Waals surface area (Å²) < 4.78 is 6.71. The van der Waals surface area contributed by atoms with Gasteiger partial charge in [0.2, 0.25) is 0 Å². The van der Waals surface area contributed by atoms with Crippen molar-refractivity contribution >= 4 is 16.9 Å². The van der Waals surface area contributed by atoms with Crippen molar-refractivity contribution in [1.82, 2.24) is 0 Å². The van der Waals surface area contributed by atoms with Crippen molar-refractivity contribution in [3.8, 4) is 5.75 Å². The maximum atomic E-state index is 9.28. The first-order chi connectivity index (χ1) is 11.7. The molecule has 1 N–H and O–H groups in total. The second-order valence-electron chi connectivity index (χ2n) is 8.39. The van der Waals surface area contributed by atoms with Crippen molar-refractivity contribution in [3.63, 3.8) is 0 Å². The van der Waals surface area contributed by atoms with E-state index < -0.39 is 0 Å². The Kier molecular flexibility index (Phi) is 7.23. The van der Waals surface area contributed by atoms with Crippen molar-refractivity contribution in [2.24, 2.45) is 5.41 Å². The normalized spacial score (nSPS) is 18.6. The third-order valence-corrected chi connectivity index (χ3v) is 7.06. The predicted octanol–water partition coefficient (Wildman–Crippen LogP) is 4.77. The van der Waals surface area contributed by atoms with Gasteiger partial charge in [0.1, 0.15) is 0 Å². The van der Waals surface area contributed by atoms with Gasteiger partial charge in [-0.1, -0.05) is 0 Å². The summed E-state index contributed by atoms with van der Waals surface area (Å²) in [5.41, 5.74) is 5.84. The Hall–Kier alpha value is -0.722. The summed E-state index contributed by atoms with van der Waals surface area (Å²) >= 11 is 1.67. The predicted molar refractivity (Wildman–Crippen MR) is 109 cm³/mol. The van der Waals surface area contributed by atoms with Crippen molar-refractivity contribution in [3.05, 3.63) is 40.5 Å². The fraction of sp³-hybridized carbons (Fsp3) is 0.636. The molecule has 0 heterocycles. The van der Waals surface area contributed by atoms with Crippen LogP contribution in [0.2, 0.25) is 0 Å². The van der Waals surface area contributed by atoms with E-state index in [1.165, 1.54) is 41.5 Å². The summed E-state index contributed by atoms with van der Waals surface area (Å²) in [7, 11) is 0. The van der Waals surface area contributed by atoms with Gasteiger partial charge in [0.05, 0.1) is 0 Å². The van der Waals surface area contributed by atoms with Crippen LogP contribution in [0.1, 0.15) is 82.1 Å². The number of aliphatic hydroxyl groups is 1. The average Bonchev–Trinajstić information content (AvgIpc) is 2.53. The van der Waals surface area contributed by atoms with Crippen LogP contribution in [0.25, 0.3) is 0 Å². The topological polar surface area (TPSA) is 29.5 Å². The van der Waals surface area contributed by atoms with Crippen LogP contribution in [-0.2, 0) is 0 Å². The molecule has 1 aromatic rings. The molecule has 3 heteroatoms. The molecule has 0 saturated heterocycles. The summed E-state index contributed by atoms with van der Waals surface area (Å²) in [4.78, 5) is 0. The zero-order valence-corrected chi connectivity index (χ0v) is 19.0. The van der Waals surface area contributed by atoms with Crippen LogP contribution >= 0.6 is 0 Å². The average molecular weight is 406 g/mol. The molecule has 0 aliphatic heterocycles. The molecule has 2 atom stereocenters. The monoisotopic (exact) mass is 406 g/mol. The molecular weight excluding hydrogens is 371 g/mol. The summed E-state index contributed by atoms with van der Waals surface area (Å²) in [6, 6.07) is 6.66. The van der Waals surface area contributed by atoms with E-state index in [2.05, 4.69) is 52.8 Å². The standard InChI is InChI=1S/C22H35AsO2/c1-15(2)17-11-18(21(23)8-10-24)13-19(12-17)25-14-20-16(3)7-6-9-22(20,4)5/h11-13,15,21,24H,6-10,14,23H2,1-5H3/t21-/m0/s1. The molecule has 2 nitrogen and oxygen atoms in total. The van der Waals surface area contributed by atoms with Crippen LogP contribution in [0.4, 0.5) is 0 Å². The molecule has 140 valence electrons. The van der Waals surface area contributed by atoms with E-state index >= 15 is 0 Å². The summed E-state index contributed by atoms with van der Waals surface area (Å²) in [6.45, 7) is 12.3. The van der Waals surface area contributed by atoms with Gasteiger partial charge in [-0.15, -0.1) is 0 Å². The van der Waals surface area contributed by atoms with Gasteiger partial charge in [0.25, 0.3) is 0 Å². The van der Waals surface area contributed by atoms with Gasteiger partial charge in [-0.2, -0.15) is 0 Å². The molecule has 0 saturated carbocycles.